The molecule has 1 heterocycles. The average molecular weight is 417 g/mol. The molecule has 7 nitrogen and oxygen atoms in total. The van der Waals surface area contributed by atoms with Crippen LogP contribution in [0.3, 0.4) is 0 Å². The molecule has 0 fully saturated rings. The Morgan fingerprint density at radius 2 is 1.80 bits per heavy atom. The lowest BCUT2D eigenvalue weighted by Crippen LogP contribution is -2.50. The Hall–Kier alpha value is -3.30. The number of benzene rings is 2. The quantitative estimate of drug-likeness (QED) is 0.543. The summed E-state index contributed by atoms with van der Waals surface area (Å²) in [5, 5.41) is 17.1. The van der Waals surface area contributed by atoms with Crippen LogP contribution in [-0.4, -0.2) is 41.9 Å². The van der Waals surface area contributed by atoms with E-state index in [0.717, 1.165) is 18.2 Å². The molecule has 0 saturated carbocycles. The largest absolute Gasteiger partial charge is 0.394 e. The number of aliphatic hydroxyl groups is 1. The van der Waals surface area contributed by atoms with Crippen molar-refractivity contribution >= 4 is 23.3 Å². The van der Waals surface area contributed by atoms with Crippen LogP contribution in [0.25, 0.3) is 0 Å². The predicted molar refractivity (Wildman–Crippen MR) is 107 cm³/mol. The van der Waals surface area contributed by atoms with Crippen molar-refractivity contribution in [3.05, 3.63) is 72.3 Å². The van der Waals surface area contributed by atoms with Gasteiger partial charge in [-0.15, -0.1) is 0 Å². The fourth-order valence-electron chi connectivity index (χ4n) is 2.96. The highest BCUT2D eigenvalue weighted by Gasteiger charge is 2.29. The maximum atomic E-state index is 13.7. The molecule has 2 aromatic carbocycles. The number of rotatable bonds is 6. The van der Waals surface area contributed by atoms with Crippen LogP contribution >= 0.6 is 0 Å². The normalized spacial score (nSPS) is 20.4. The van der Waals surface area contributed by atoms with Crippen LogP contribution in [0.2, 0.25) is 0 Å². The van der Waals surface area contributed by atoms with Gasteiger partial charge >= 0.3 is 6.03 Å². The Bertz CT molecular complexity index is 924. The highest BCUT2D eigenvalue weighted by molar-refractivity contribution is 5.91. The van der Waals surface area contributed by atoms with Gasteiger partial charge in [0.25, 0.3) is 0 Å². The molecule has 1 aliphatic heterocycles. The first-order chi connectivity index (χ1) is 14.4. The highest BCUT2D eigenvalue weighted by atomic mass is 19.1. The van der Waals surface area contributed by atoms with Gasteiger partial charge in [-0.2, -0.15) is 0 Å². The average Bonchev–Trinajstić information content (AvgIpc) is 2.72. The zero-order valence-electron chi connectivity index (χ0n) is 15.8. The third-order valence-corrected chi connectivity index (χ3v) is 4.38. The topological polar surface area (TPSA) is 99.7 Å². The molecular formula is C21H21F2N3O4. The first kappa shape index (κ1) is 21.4. The van der Waals surface area contributed by atoms with Crippen molar-refractivity contribution in [3.8, 4) is 0 Å². The van der Waals surface area contributed by atoms with E-state index in [1.807, 2.05) is 6.07 Å². The van der Waals surface area contributed by atoms with Gasteiger partial charge in [-0.05, 0) is 24.3 Å². The summed E-state index contributed by atoms with van der Waals surface area (Å²) in [5.74, 6) is -1.75. The van der Waals surface area contributed by atoms with E-state index in [4.69, 9.17) is 4.74 Å². The Labute approximate surface area is 171 Å². The number of para-hydroxylation sites is 1. The summed E-state index contributed by atoms with van der Waals surface area (Å²) < 4.78 is 32.6. The molecule has 0 radical (unpaired) electrons. The lowest BCUT2D eigenvalue weighted by atomic mass is 10.0. The molecular weight excluding hydrogens is 396 g/mol. The predicted octanol–water partition coefficient (Wildman–Crippen LogP) is 2.80. The fraction of sp³-hybridized carbons (Fsp3) is 0.238. The van der Waals surface area contributed by atoms with Crippen LogP contribution in [0.5, 0.6) is 0 Å². The number of carbonyl (C=O) groups excluding carboxylic acids is 2. The van der Waals surface area contributed by atoms with Gasteiger partial charge in [-0.3, -0.25) is 4.79 Å². The number of aliphatic hydroxyl groups excluding tert-OH is 1. The SMILES string of the molecule is O=C(C[C@@H]1C=C[C@H](NC(=O)Nc2cc(F)ccc2F)[C@H](CO)O1)Nc1ccccc1. The van der Waals surface area contributed by atoms with Crippen molar-refractivity contribution in [1.82, 2.24) is 5.32 Å². The molecule has 3 amide bonds. The number of hydrogen-bond donors (Lipinski definition) is 4. The van der Waals surface area contributed by atoms with E-state index >= 15 is 0 Å². The molecule has 3 atom stereocenters. The van der Waals surface area contributed by atoms with Crippen LogP contribution in [0, 0.1) is 11.6 Å². The van der Waals surface area contributed by atoms with Gasteiger partial charge in [-0.25, -0.2) is 13.6 Å². The van der Waals surface area contributed by atoms with Crippen LogP contribution in [0.15, 0.2) is 60.7 Å². The van der Waals surface area contributed by atoms with Crippen molar-refractivity contribution in [2.75, 3.05) is 17.2 Å². The minimum absolute atomic E-state index is 0.0231. The lowest BCUT2D eigenvalue weighted by Gasteiger charge is -2.31. The Balaban J connectivity index is 1.56. The minimum atomic E-state index is -0.812. The summed E-state index contributed by atoms with van der Waals surface area (Å²) in [6.07, 6.45) is 1.81. The zero-order chi connectivity index (χ0) is 21.5. The number of nitrogens with one attached hydrogen (secondary N) is 3. The molecule has 0 aliphatic carbocycles. The van der Waals surface area contributed by atoms with Gasteiger partial charge < -0.3 is 25.8 Å². The smallest absolute Gasteiger partial charge is 0.319 e. The third kappa shape index (κ3) is 5.85. The maximum absolute atomic E-state index is 13.7. The van der Waals surface area contributed by atoms with Crippen LogP contribution in [-0.2, 0) is 9.53 Å². The molecule has 158 valence electrons. The van der Waals surface area contributed by atoms with E-state index in [0.29, 0.717) is 5.69 Å². The number of amides is 3. The van der Waals surface area contributed by atoms with Gasteiger partial charge in [0, 0.05) is 11.8 Å². The summed E-state index contributed by atoms with van der Waals surface area (Å²) >= 11 is 0. The summed E-state index contributed by atoms with van der Waals surface area (Å²) in [4.78, 5) is 24.3. The second-order valence-electron chi connectivity index (χ2n) is 6.65. The highest BCUT2D eigenvalue weighted by Crippen LogP contribution is 2.18. The second-order valence-corrected chi connectivity index (χ2v) is 6.65. The van der Waals surface area contributed by atoms with Gasteiger partial charge in [0.05, 0.1) is 30.9 Å². The van der Waals surface area contributed by atoms with Crippen LogP contribution in [0.4, 0.5) is 25.0 Å². The lowest BCUT2D eigenvalue weighted by molar-refractivity contribution is -0.120. The number of hydrogen-bond acceptors (Lipinski definition) is 4. The molecule has 30 heavy (non-hydrogen) atoms. The van der Waals surface area contributed by atoms with Gasteiger partial charge in [0.2, 0.25) is 5.91 Å². The minimum Gasteiger partial charge on any atom is -0.394 e. The van der Waals surface area contributed by atoms with Crippen molar-refractivity contribution in [1.29, 1.82) is 0 Å². The van der Waals surface area contributed by atoms with Crippen molar-refractivity contribution in [3.63, 3.8) is 0 Å². The summed E-state index contributed by atoms with van der Waals surface area (Å²) in [5.41, 5.74) is 0.339. The zero-order valence-corrected chi connectivity index (χ0v) is 15.8. The second kappa shape index (κ2) is 9.95. The Morgan fingerprint density at radius 3 is 2.53 bits per heavy atom. The van der Waals surface area contributed by atoms with Gasteiger partial charge in [0.1, 0.15) is 17.7 Å². The van der Waals surface area contributed by atoms with Crippen LogP contribution < -0.4 is 16.0 Å². The molecule has 2 aromatic rings. The first-order valence-electron chi connectivity index (χ1n) is 9.26. The van der Waals surface area contributed by atoms with E-state index < -0.39 is 42.5 Å². The van der Waals surface area contributed by atoms with E-state index in [2.05, 4.69) is 16.0 Å². The molecule has 1 aliphatic rings. The monoisotopic (exact) mass is 417 g/mol. The molecule has 0 aromatic heterocycles. The summed E-state index contributed by atoms with van der Waals surface area (Å²) in [6, 6.07) is 10.1. The standard InChI is InChI=1S/C21H21F2N3O4/c22-13-6-8-16(23)18(10-13)26-21(29)25-17-9-7-15(30-19(17)12-27)11-20(28)24-14-4-2-1-3-5-14/h1-10,15,17,19,27H,11-12H2,(H,24,28)(H2,25,26,29)/t15-,17-,19-/m0/s1. The number of ether oxygens (including phenoxy) is 1. The number of carbonyl (C=O) groups is 2. The molecule has 0 saturated heterocycles. The summed E-state index contributed by atoms with van der Waals surface area (Å²) in [7, 11) is 0. The van der Waals surface area contributed by atoms with E-state index in [1.54, 1.807) is 36.4 Å². The van der Waals surface area contributed by atoms with Gasteiger partial charge in [-0.1, -0.05) is 30.4 Å². The Morgan fingerprint density at radius 1 is 1.03 bits per heavy atom. The van der Waals surface area contributed by atoms with E-state index in [9.17, 15) is 23.5 Å². The van der Waals surface area contributed by atoms with E-state index in [1.165, 1.54) is 0 Å². The third-order valence-electron chi connectivity index (χ3n) is 4.38. The molecule has 0 unspecified atom stereocenters. The Kier molecular flexibility index (Phi) is 7.10. The molecule has 0 spiro atoms. The van der Waals surface area contributed by atoms with Crippen molar-refractivity contribution < 1.29 is 28.2 Å². The molecule has 4 N–H and O–H groups in total. The molecule has 3 rings (SSSR count). The van der Waals surface area contributed by atoms with Gasteiger partial charge in [0.15, 0.2) is 0 Å². The fourth-order valence-corrected chi connectivity index (χ4v) is 2.96. The van der Waals surface area contributed by atoms with Crippen molar-refractivity contribution in [2.24, 2.45) is 0 Å². The first-order valence-corrected chi connectivity index (χ1v) is 9.26. The van der Waals surface area contributed by atoms with Crippen LogP contribution in [0.1, 0.15) is 6.42 Å². The van der Waals surface area contributed by atoms with Crippen molar-refractivity contribution in [2.45, 2.75) is 24.7 Å². The number of anilines is 2. The maximum Gasteiger partial charge on any atom is 0.319 e. The van der Waals surface area contributed by atoms with E-state index in [-0.39, 0.29) is 18.0 Å². The molecule has 0 bridgehead atoms. The molecule has 9 heteroatoms. The summed E-state index contributed by atoms with van der Waals surface area (Å²) in [6.45, 7) is -0.416. The number of halogens is 2. The number of urea groups is 1.